The van der Waals surface area contributed by atoms with Crippen molar-refractivity contribution in [3.8, 4) is 44.8 Å². The molecule has 3 heteroatoms. The lowest BCUT2D eigenvalue weighted by Gasteiger charge is -2.11. The zero-order valence-corrected chi connectivity index (χ0v) is 30.9. The Kier molecular flexibility index (Phi) is 6.93. The molecule has 0 bridgehead atoms. The van der Waals surface area contributed by atoms with Gasteiger partial charge in [0.1, 0.15) is 11.2 Å². The Morgan fingerprint density at radius 2 is 0.789 bits per heavy atom. The van der Waals surface area contributed by atoms with Crippen LogP contribution in [0, 0.1) is 0 Å². The molecule has 12 rings (SSSR count). The van der Waals surface area contributed by atoms with Gasteiger partial charge in [0.2, 0.25) is 0 Å². The SMILES string of the molecule is c1ccc(-c2ccc3c(c2)c2ccccc2n3-c2cccc(-c3cccc4c3oc3ccc(-n5c6ccccc6c6cc(-c7ccccc7)ccc65)cc34)c2)cc1. The van der Waals surface area contributed by atoms with E-state index >= 15 is 0 Å². The van der Waals surface area contributed by atoms with E-state index in [4.69, 9.17) is 4.42 Å². The lowest BCUT2D eigenvalue weighted by atomic mass is 10.0. The maximum atomic E-state index is 6.76. The van der Waals surface area contributed by atoms with Crippen LogP contribution in [-0.2, 0) is 0 Å². The van der Waals surface area contributed by atoms with Gasteiger partial charge in [-0.25, -0.2) is 0 Å². The molecular weight excluding hydrogens is 693 g/mol. The standard InChI is InChI=1S/C54H34N2O/c1-3-13-35(14-4-1)37-25-28-51-46(32-37)43-19-7-9-23-49(43)55(51)40-18-11-17-39(31-40)42-21-12-22-45-48-34-41(27-30-53(48)57-54(42)45)56-50-24-10-8-20-44(50)47-33-38(26-29-52(47)56)36-15-5-2-6-16-36/h1-34H. The topological polar surface area (TPSA) is 23.0 Å². The highest BCUT2D eigenvalue weighted by Crippen LogP contribution is 2.41. The van der Waals surface area contributed by atoms with E-state index in [1.54, 1.807) is 0 Å². The quantitative estimate of drug-likeness (QED) is 0.173. The van der Waals surface area contributed by atoms with Gasteiger partial charge in [-0.05, 0) is 94.5 Å². The molecule has 57 heavy (non-hydrogen) atoms. The lowest BCUT2D eigenvalue weighted by molar-refractivity contribution is 0.670. The van der Waals surface area contributed by atoms with E-state index < -0.39 is 0 Å². The minimum Gasteiger partial charge on any atom is -0.455 e. The van der Waals surface area contributed by atoms with E-state index in [2.05, 4.69) is 215 Å². The van der Waals surface area contributed by atoms with Gasteiger partial charge in [0.25, 0.3) is 0 Å². The van der Waals surface area contributed by atoms with Crippen LogP contribution >= 0.6 is 0 Å². The molecule has 12 aromatic rings. The predicted octanol–water partition coefficient (Wildman–Crippen LogP) is 14.8. The number of hydrogen-bond acceptors (Lipinski definition) is 1. The molecule has 3 nitrogen and oxygen atoms in total. The summed E-state index contributed by atoms with van der Waals surface area (Å²) in [5.41, 5.74) is 15.8. The Morgan fingerprint density at radius 1 is 0.281 bits per heavy atom. The Hall–Kier alpha value is -7.62. The largest absolute Gasteiger partial charge is 0.455 e. The van der Waals surface area contributed by atoms with Gasteiger partial charge in [-0.1, -0.05) is 140 Å². The number of furan rings is 1. The van der Waals surface area contributed by atoms with Crippen molar-refractivity contribution in [1.29, 1.82) is 0 Å². The first-order valence-electron chi connectivity index (χ1n) is 19.5. The Balaban J connectivity index is 0.991. The fourth-order valence-corrected chi connectivity index (χ4v) is 9.09. The molecule has 0 N–H and O–H groups in total. The molecule has 0 aliphatic carbocycles. The van der Waals surface area contributed by atoms with Crippen LogP contribution in [-0.4, -0.2) is 9.13 Å². The third-order valence-electron chi connectivity index (χ3n) is 11.7. The number of hydrogen-bond donors (Lipinski definition) is 0. The van der Waals surface area contributed by atoms with Crippen molar-refractivity contribution in [2.75, 3.05) is 0 Å². The zero-order valence-electron chi connectivity index (χ0n) is 30.9. The van der Waals surface area contributed by atoms with Crippen LogP contribution in [0.25, 0.3) is 110 Å². The molecule has 0 saturated heterocycles. The summed E-state index contributed by atoms with van der Waals surface area (Å²) >= 11 is 0. The van der Waals surface area contributed by atoms with Crippen LogP contribution in [0.5, 0.6) is 0 Å². The van der Waals surface area contributed by atoms with Crippen molar-refractivity contribution < 1.29 is 4.42 Å². The third kappa shape index (κ3) is 4.92. The van der Waals surface area contributed by atoms with Gasteiger partial charge in [-0.2, -0.15) is 0 Å². The van der Waals surface area contributed by atoms with E-state index in [9.17, 15) is 0 Å². The van der Waals surface area contributed by atoms with Gasteiger partial charge < -0.3 is 13.6 Å². The van der Waals surface area contributed by atoms with Crippen molar-refractivity contribution in [1.82, 2.24) is 9.13 Å². The second kappa shape index (κ2) is 12.5. The molecule has 266 valence electrons. The zero-order chi connectivity index (χ0) is 37.5. The molecule has 0 aliphatic heterocycles. The molecule has 0 fully saturated rings. The highest BCUT2D eigenvalue weighted by Gasteiger charge is 2.18. The van der Waals surface area contributed by atoms with Gasteiger partial charge in [0, 0.05) is 49.3 Å². The molecule has 3 heterocycles. The first-order chi connectivity index (χ1) is 28.3. The van der Waals surface area contributed by atoms with Crippen LogP contribution < -0.4 is 0 Å². The molecule has 0 radical (unpaired) electrons. The van der Waals surface area contributed by atoms with Crippen molar-refractivity contribution in [3.05, 3.63) is 206 Å². The van der Waals surface area contributed by atoms with Crippen LogP contribution in [0.1, 0.15) is 0 Å². The number of benzene rings is 9. The molecular formula is C54H34N2O. The maximum absolute atomic E-state index is 6.76. The number of rotatable bonds is 5. The highest BCUT2D eigenvalue weighted by molar-refractivity contribution is 6.13. The fourth-order valence-electron chi connectivity index (χ4n) is 9.09. The molecule has 0 atom stereocenters. The van der Waals surface area contributed by atoms with Gasteiger partial charge in [-0.3, -0.25) is 0 Å². The monoisotopic (exact) mass is 726 g/mol. The normalized spacial score (nSPS) is 11.9. The summed E-state index contributed by atoms with van der Waals surface area (Å²) in [6.45, 7) is 0. The van der Waals surface area contributed by atoms with Crippen molar-refractivity contribution in [3.63, 3.8) is 0 Å². The molecule has 0 amide bonds. The van der Waals surface area contributed by atoms with E-state index in [1.807, 2.05) is 0 Å². The number of nitrogens with zero attached hydrogens (tertiary/aromatic N) is 2. The predicted molar refractivity (Wildman–Crippen MR) is 239 cm³/mol. The van der Waals surface area contributed by atoms with Crippen LogP contribution in [0.3, 0.4) is 0 Å². The fraction of sp³-hybridized carbons (Fsp3) is 0. The molecule has 0 saturated carbocycles. The van der Waals surface area contributed by atoms with Crippen molar-refractivity contribution >= 4 is 65.6 Å². The molecule has 3 aromatic heterocycles. The van der Waals surface area contributed by atoms with Crippen LogP contribution in [0.2, 0.25) is 0 Å². The van der Waals surface area contributed by atoms with E-state index in [0.29, 0.717) is 0 Å². The average Bonchev–Trinajstić information content (AvgIpc) is 3.94. The average molecular weight is 727 g/mol. The van der Waals surface area contributed by atoms with E-state index in [1.165, 1.54) is 65.9 Å². The van der Waals surface area contributed by atoms with E-state index in [0.717, 1.165) is 44.4 Å². The minimum absolute atomic E-state index is 0.876. The Labute approximate surface area is 328 Å². The maximum Gasteiger partial charge on any atom is 0.143 e. The molecule has 0 aliphatic rings. The van der Waals surface area contributed by atoms with Crippen LogP contribution in [0.15, 0.2) is 211 Å². The first-order valence-corrected chi connectivity index (χ1v) is 19.5. The Bertz CT molecular complexity index is 3510. The lowest BCUT2D eigenvalue weighted by Crippen LogP contribution is -1.94. The van der Waals surface area contributed by atoms with E-state index in [-0.39, 0.29) is 0 Å². The molecule has 0 unspecified atom stereocenters. The number of para-hydroxylation sites is 3. The smallest absolute Gasteiger partial charge is 0.143 e. The van der Waals surface area contributed by atoms with Gasteiger partial charge in [0.15, 0.2) is 0 Å². The second-order valence-corrected chi connectivity index (χ2v) is 14.9. The highest BCUT2D eigenvalue weighted by atomic mass is 16.3. The molecule has 0 spiro atoms. The summed E-state index contributed by atoms with van der Waals surface area (Å²) in [6.07, 6.45) is 0. The first kappa shape index (κ1) is 31.7. The second-order valence-electron chi connectivity index (χ2n) is 14.9. The van der Waals surface area contributed by atoms with Gasteiger partial charge in [-0.15, -0.1) is 0 Å². The Morgan fingerprint density at radius 3 is 1.42 bits per heavy atom. The number of aromatic nitrogens is 2. The summed E-state index contributed by atoms with van der Waals surface area (Å²) in [5, 5.41) is 7.17. The minimum atomic E-state index is 0.876. The molecule has 9 aromatic carbocycles. The van der Waals surface area contributed by atoms with Gasteiger partial charge >= 0.3 is 0 Å². The summed E-state index contributed by atoms with van der Waals surface area (Å²) in [6, 6.07) is 74.3. The van der Waals surface area contributed by atoms with Gasteiger partial charge in [0.05, 0.1) is 22.1 Å². The summed E-state index contributed by atoms with van der Waals surface area (Å²) in [5.74, 6) is 0. The summed E-state index contributed by atoms with van der Waals surface area (Å²) in [7, 11) is 0. The van der Waals surface area contributed by atoms with Crippen molar-refractivity contribution in [2.24, 2.45) is 0 Å². The number of fused-ring (bicyclic) bond motifs is 9. The third-order valence-corrected chi connectivity index (χ3v) is 11.7. The summed E-state index contributed by atoms with van der Waals surface area (Å²) in [4.78, 5) is 0. The summed E-state index contributed by atoms with van der Waals surface area (Å²) < 4.78 is 11.5. The van der Waals surface area contributed by atoms with Crippen molar-refractivity contribution in [2.45, 2.75) is 0 Å². The van der Waals surface area contributed by atoms with Crippen LogP contribution in [0.4, 0.5) is 0 Å².